The Kier molecular flexibility index (Phi) is 1.90. The molecule has 1 saturated carbocycles. The van der Waals surface area contributed by atoms with Crippen LogP contribution in [-0.4, -0.2) is 24.8 Å². The highest BCUT2D eigenvalue weighted by Crippen LogP contribution is 2.40. The monoisotopic (exact) mass is 155 g/mol. The number of piperidine rings is 1. The molecular weight excluding hydrogens is 138 g/mol. The van der Waals surface area contributed by atoms with Gasteiger partial charge in [-0.3, -0.25) is 0 Å². The molecule has 0 unspecified atom stereocenters. The topological polar surface area (TPSA) is 21.3 Å². The molecule has 2 fully saturated rings. The molecule has 0 atom stereocenters. The van der Waals surface area contributed by atoms with E-state index in [0.717, 1.165) is 13.1 Å². The average molecular weight is 155 g/mol. The fraction of sp³-hybridized carbons (Fsp3) is 1.00. The molecule has 0 spiro atoms. The summed E-state index contributed by atoms with van der Waals surface area (Å²) in [5.41, 5.74) is 0.280. The SMILES string of the molecule is CC1(OC2CCNCC2)CC1. The molecule has 2 heteroatoms. The Morgan fingerprint density at radius 2 is 1.91 bits per heavy atom. The van der Waals surface area contributed by atoms with Crippen molar-refractivity contribution < 1.29 is 4.74 Å². The van der Waals surface area contributed by atoms with Gasteiger partial charge in [0.1, 0.15) is 0 Å². The minimum absolute atomic E-state index is 0.280. The second kappa shape index (κ2) is 2.76. The van der Waals surface area contributed by atoms with Crippen molar-refractivity contribution in [3.63, 3.8) is 0 Å². The van der Waals surface area contributed by atoms with Crippen molar-refractivity contribution >= 4 is 0 Å². The van der Waals surface area contributed by atoms with Gasteiger partial charge in [-0.2, -0.15) is 0 Å². The molecule has 1 aliphatic heterocycles. The standard InChI is InChI=1S/C9H17NO/c1-9(4-5-9)11-8-2-6-10-7-3-8/h8,10H,2-7H2,1H3. The molecule has 2 nitrogen and oxygen atoms in total. The van der Waals surface area contributed by atoms with Crippen LogP contribution in [0.2, 0.25) is 0 Å². The Balaban J connectivity index is 1.76. The first-order chi connectivity index (χ1) is 5.29. The van der Waals surface area contributed by atoms with Crippen LogP contribution in [0.1, 0.15) is 32.6 Å². The van der Waals surface area contributed by atoms with Gasteiger partial charge in [-0.1, -0.05) is 0 Å². The Hall–Kier alpha value is -0.0800. The van der Waals surface area contributed by atoms with E-state index in [1.807, 2.05) is 0 Å². The van der Waals surface area contributed by atoms with Crippen LogP contribution < -0.4 is 5.32 Å². The van der Waals surface area contributed by atoms with Gasteiger partial charge >= 0.3 is 0 Å². The molecule has 1 saturated heterocycles. The first kappa shape index (κ1) is 7.56. The number of hydrogen-bond donors (Lipinski definition) is 1. The van der Waals surface area contributed by atoms with E-state index in [9.17, 15) is 0 Å². The summed E-state index contributed by atoms with van der Waals surface area (Å²) in [6, 6.07) is 0. The first-order valence-electron chi connectivity index (χ1n) is 4.67. The van der Waals surface area contributed by atoms with E-state index in [2.05, 4.69) is 12.2 Å². The summed E-state index contributed by atoms with van der Waals surface area (Å²) in [4.78, 5) is 0. The van der Waals surface area contributed by atoms with E-state index < -0.39 is 0 Å². The molecule has 0 radical (unpaired) electrons. The molecule has 0 amide bonds. The lowest BCUT2D eigenvalue weighted by molar-refractivity contribution is -0.0331. The van der Waals surface area contributed by atoms with Crippen LogP contribution in [0.15, 0.2) is 0 Å². The average Bonchev–Trinajstić information content (AvgIpc) is 2.70. The van der Waals surface area contributed by atoms with Gasteiger partial charge in [0.05, 0.1) is 11.7 Å². The van der Waals surface area contributed by atoms with Crippen LogP contribution in [0.5, 0.6) is 0 Å². The maximum Gasteiger partial charge on any atom is 0.0660 e. The molecule has 0 bridgehead atoms. The lowest BCUT2D eigenvalue weighted by atomic mass is 10.1. The fourth-order valence-corrected chi connectivity index (χ4v) is 1.61. The number of ether oxygens (including phenoxy) is 1. The highest BCUT2D eigenvalue weighted by atomic mass is 16.5. The molecule has 0 aromatic heterocycles. The quantitative estimate of drug-likeness (QED) is 0.649. The third-order valence-electron chi connectivity index (χ3n) is 2.69. The van der Waals surface area contributed by atoms with E-state index in [-0.39, 0.29) is 5.60 Å². The summed E-state index contributed by atoms with van der Waals surface area (Å²) in [7, 11) is 0. The predicted octanol–water partition coefficient (Wildman–Crippen LogP) is 1.31. The minimum Gasteiger partial charge on any atom is -0.372 e. The fourth-order valence-electron chi connectivity index (χ4n) is 1.61. The van der Waals surface area contributed by atoms with Gasteiger partial charge in [0, 0.05) is 0 Å². The van der Waals surface area contributed by atoms with Crippen LogP contribution in [-0.2, 0) is 4.74 Å². The van der Waals surface area contributed by atoms with E-state index in [4.69, 9.17) is 4.74 Å². The van der Waals surface area contributed by atoms with Gasteiger partial charge in [-0.15, -0.1) is 0 Å². The molecule has 1 heterocycles. The normalized spacial score (nSPS) is 30.3. The summed E-state index contributed by atoms with van der Waals surface area (Å²) >= 11 is 0. The number of hydrogen-bond acceptors (Lipinski definition) is 2. The van der Waals surface area contributed by atoms with Crippen LogP contribution in [0.3, 0.4) is 0 Å². The van der Waals surface area contributed by atoms with Gasteiger partial charge in [0.25, 0.3) is 0 Å². The third kappa shape index (κ3) is 1.94. The van der Waals surface area contributed by atoms with Crippen LogP contribution in [0.25, 0.3) is 0 Å². The smallest absolute Gasteiger partial charge is 0.0660 e. The highest BCUT2D eigenvalue weighted by molar-refractivity contribution is 4.92. The molecule has 0 aromatic carbocycles. The number of nitrogens with one attached hydrogen (secondary N) is 1. The minimum atomic E-state index is 0.280. The van der Waals surface area contributed by atoms with Crippen molar-refractivity contribution in [2.75, 3.05) is 13.1 Å². The Morgan fingerprint density at radius 3 is 2.45 bits per heavy atom. The first-order valence-corrected chi connectivity index (χ1v) is 4.67. The Morgan fingerprint density at radius 1 is 1.27 bits per heavy atom. The third-order valence-corrected chi connectivity index (χ3v) is 2.69. The highest BCUT2D eigenvalue weighted by Gasteiger charge is 2.40. The zero-order valence-corrected chi connectivity index (χ0v) is 7.23. The van der Waals surface area contributed by atoms with Crippen LogP contribution in [0, 0.1) is 0 Å². The van der Waals surface area contributed by atoms with Gasteiger partial charge in [-0.05, 0) is 45.7 Å². The van der Waals surface area contributed by atoms with Gasteiger partial charge in [-0.25, -0.2) is 0 Å². The Labute approximate surface area is 68.3 Å². The van der Waals surface area contributed by atoms with Crippen molar-refractivity contribution in [3.8, 4) is 0 Å². The van der Waals surface area contributed by atoms with E-state index in [0.29, 0.717) is 6.10 Å². The second-order valence-electron chi connectivity index (χ2n) is 4.02. The van der Waals surface area contributed by atoms with Crippen molar-refractivity contribution in [2.24, 2.45) is 0 Å². The summed E-state index contributed by atoms with van der Waals surface area (Å²) in [5.74, 6) is 0. The molecule has 1 aliphatic carbocycles. The molecule has 2 aliphatic rings. The van der Waals surface area contributed by atoms with Crippen molar-refractivity contribution in [1.29, 1.82) is 0 Å². The van der Waals surface area contributed by atoms with Gasteiger partial charge in [0.2, 0.25) is 0 Å². The Bertz CT molecular complexity index is 136. The molecule has 1 N–H and O–H groups in total. The van der Waals surface area contributed by atoms with Crippen molar-refractivity contribution in [1.82, 2.24) is 5.32 Å². The van der Waals surface area contributed by atoms with Crippen LogP contribution >= 0.6 is 0 Å². The zero-order valence-electron chi connectivity index (χ0n) is 7.23. The van der Waals surface area contributed by atoms with Crippen molar-refractivity contribution in [3.05, 3.63) is 0 Å². The van der Waals surface area contributed by atoms with Gasteiger partial charge < -0.3 is 10.1 Å². The lowest BCUT2D eigenvalue weighted by Gasteiger charge is -2.26. The molecular formula is C9H17NO. The number of rotatable bonds is 2. The molecule has 11 heavy (non-hydrogen) atoms. The molecule has 64 valence electrons. The maximum absolute atomic E-state index is 5.95. The lowest BCUT2D eigenvalue weighted by Crippen LogP contribution is -2.34. The van der Waals surface area contributed by atoms with Gasteiger partial charge in [0.15, 0.2) is 0 Å². The summed E-state index contributed by atoms with van der Waals surface area (Å²) in [6.07, 6.45) is 5.50. The summed E-state index contributed by atoms with van der Waals surface area (Å²) < 4.78 is 5.95. The van der Waals surface area contributed by atoms with Crippen molar-refractivity contribution in [2.45, 2.75) is 44.3 Å². The zero-order chi connectivity index (χ0) is 7.73. The van der Waals surface area contributed by atoms with E-state index in [1.165, 1.54) is 25.7 Å². The van der Waals surface area contributed by atoms with Crippen LogP contribution in [0.4, 0.5) is 0 Å². The predicted molar refractivity (Wildman–Crippen MR) is 44.6 cm³/mol. The second-order valence-corrected chi connectivity index (χ2v) is 4.02. The largest absolute Gasteiger partial charge is 0.372 e. The summed E-state index contributed by atoms with van der Waals surface area (Å²) in [5, 5.41) is 3.34. The van der Waals surface area contributed by atoms with E-state index >= 15 is 0 Å². The molecule has 0 aromatic rings. The van der Waals surface area contributed by atoms with E-state index in [1.54, 1.807) is 0 Å². The maximum atomic E-state index is 5.95. The molecule has 2 rings (SSSR count). The summed E-state index contributed by atoms with van der Waals surface area (Å²) in [6.45, 7) is 4.51.